The molecule has 1 aromatic carbocycles. The molecular formula is C9H8F3N3OS. The van der Waals surface area contributed by atoms with Gasteiger partial charge in [-0.25, -0.2) is 4.39 Å². The second kappa shape index (κ2) is 6.04. The number of thiocarbonyl (C=S) groups is 1. The Morgan fingerprint density at radius 1 is 1.53 bits per heavy atom. The highest BCUT2D eigenvalue weighted by Gasteiger charge is 2.09. The first kappa shape index (κ1) is 13.2. The lowest BCUT2D eigenvalue weighted by Gasteiger charge is -2.05. The molecule has 0 spiro atoms. The summed E-state index contributed by atoms with van der Waals surface area (Å²) in [6.07, 6.45) is 1.23. The standard InChI is InChI=1S/C9H8F3N3OS/c10-6-3-5(4-14-15-9(13)17)1-2-7(6)16-8(11)12/h1-4,8H,(H3,13,15,17). The largest absolute Gasteiger partial charge is 0.432 e. The molecule has 0 aliphatic heterocycles. The van der Waals surface area contributed by atoms with Crippen molar-refractivity contribution in [2.24, 2.45) is 10.8 Å². The van der Waals surface area contributed by atoms with E-state index in [4.69, 9.17) is 5.73 Å². The van der Waals surface area contributed by atoms with Crippen molar-refractivity contribution in [3.63, 3.8) is 0 Å². The first-order chi connectivity index (χ1) is 7.99. The molecule has 0 radical (unpaired) electrons. The first-order valence-electron chi connectivity index (χ1n) is 4.32. The Labute approximate surface area is 100 Å². The highest BCUT2D eigenvalue weighted by Crippen LogP contribution is 2.19. The van der Waals surface area contributed by atoms with Gasteiger partial charge in [0, 0.05) is 0 Å². The van der Waals surface area contributed by atoms with E-state index in [0.29, 0.717) is 5.56 Å². The molecule has 0 aliphatic rings. The summed E-state index contributed by atoms with van der Waals surface area (Å²) < 4.78 is 40.8. The molecule has 1 rings (SSSR count). The summed E-state index contributed by atoms with van der Waals surface area (Å²) >= 11 is 4.48. The SMILES string of the molecule is NC(=S)NN=Cc1ccc(OC(F)F)c(F)c1. The fourth-order valence-electron chi connectivity index (χ4n) is 0.959. The van der Waals surface area contributed by atoms with Gasteiger partial charge in [0.2, 0.25) is 0 Å². The Hall–Kier alpha value is -1.83. The minimum absolute atomic E-state index is 0.0422. The predicted octanol–water partition coefficient (Wildman–Crippen LogP) is 1.59. The molecule has 8 heteroatoms. The second-order valence-electron chi connectivity index (χ2n) is 2.80. The van der Waals surface area contributed by atoms with Gasteiger partial charge in [0.1, 0.15) is 0 Å². The molecule has 0 saturated carbocycles. The van der Waals surface area contributed by atoms with Crippen molar-refractivity contribution in [2.45, 2.75) is 6.61 Å². The molecule has 0 aromatic heterocycles. The van der Waals surface area contributed by atoms with Crippen molar-refractivity contribution in [1.82, 2.24) is 5.43 Å². The lowest BCUT2D eigenvalue weighted by atomic mass is 10.2. The minimum Gasteiger partial charge on any atom is -0.432 e. The summed E-state index contributed by atoms with van der Waals surface area (Å²) in [5.41, 5.74) is 7.70. The Morgan fingerprint density at radius 3 is 2.76 bits per heavy atom. The fraction of sp³-hybridized carbons (Fsp3) is 0.111. The summed E-state index contributed by atoms with van der Waals surface area (Å²) in [5.74, 6) is -1.44. The summed E-state index contributed by atoms with van der Waals surface area (Å²) in [4.78, 5) is 0. The molecule has 17 heavy (non-hydrogen) atoms. The molecular weight excluding hydrogens is 255 g/mol. The van der Waals surface area contributed by atoms with Crippen molar-refractivity contribution in [1.29, 1.82) is 0 Å². The van der Waals surface area contributed by atoms with Gasteiger partial charge < -0.3 is 10.5 Å². The maximum Gasteiger partial charge on any atom is 0.387 e. The number of halogens is 3. The third-order valence-corrected chi connectivity index (χ3v) is 1.65. The molecule has 0 aliphatic carbocycles. The lowest BCUT2D eigenvalue weighted by molar-refractivity contribution is -0.0521. The Kier molecular flexibility index (Phi) is 4.70. The lowest BCUT2D eigenvalue weighted by Crippen LogP contribution is -2.23. The molecule has 0 heterocycles. The van der Waals surface area contributed by atoms with Gasteiger partial charge in [0.25, 0.3) is 0 Å². The van der Waals surface area contributed by atoms with Crippen LogP contribution in [0.5, 0.6) is 5.75 Å². The average molecular weight is 263 g/mol. The topological polar surface area (TPSA) is 59.6 Å². The van der Waals surface area contributed by atoms with Crippen LogP contribution in [0.2, 0.25) is 0 Å². The highest BCUT2D eigenvalue weighted by atomic mass is 32.1. The van der Waals surface area contributed by atoms with E-state index in [9.17, 15) is 13.2 Å². The van der Waals surface area contributed by atoms with Crippen LogP contribution in [0.25, 0.3) is 0 Å². The smallest absolute Gasteiger partial charge is 0.387 e. The van der Waals surface area contributed by atoms with E-state index in [1.807, 2.05) is 0 Å². The van der Waals surface area contributed by atoms with Crippen LogP contribution < -0.4 is 15.9 Å². The number of hydrogen-bond donors (Lipinski definition) is 2. The van der Waals surface area contributed by atoms with Gasteiger partial charge in [-0.05, 0) is 36.0 Å². The summed E-state index contributed by atoms with van der Waals surface area (Å²) in [6.45, 7) is -3.07. The van der Waals surface area contributed by atoms with E-state index >= 15 is 0 Å². The van der Waals surface area contributed by atoms with Crippen LogP contribution in [0.4, 0.5) is 13.2 Å². The molecule has 3 N–H and O–H groups in total. The van der Waals surface area contributed by atoms with Gasteiger partial charge in [0.05, 0.1) is 6.21 Å². The zero-order valence-corrected chi connectivity index (χ0v) is 9.18. The van der Waals surface area contributed by atoms with Crippen molar-refractivity contribution in [3.8, 4) is 5.75 Å². The molecule has 0 amide bonds. The van der Waals surface area contributed by atoms with Gasteiger partial charge in [-0.15, -0.1) is 0 Å². The van der Waals surface area contributed by atoms with E-state index in [1.54, 1.807) is 0 Å². The van der Waals surface area contributed by atoms with E-state index in [2.05, 4.69) is 27.5 Å². The van der Waals surface area contributed by atoms with Gasteiger partial charge >= 0.3 is 6.61 Å². The number of nitrogens with two attached hydrogens (primary N) is 1. The summed E-state index contributed by atoms with van der Waals surface area (Å²) in [7, 11) is 0. The summed E-state index contributed by atoms with van der Waals surface area (Å²) in [5, 5.41) is 3.53. The van der Waals surface area contributed by atoms with Crippen molar-refractivity contribution >= 4 is 23.5 Å². The second-order valence-corrected chi connectivity index (χ2v) is 3.24. The third-order valence-electron chi connectivity index (χ3n) is 1.56. The van der Waals surface area contributed by atoms with Crippen molar-refractivity contribution < 1.29 is 17.9 Å². The Bertz CT molecular complexity index is 439. The average Bonchev–Trinajstić information content (AvgIpc) is 2.21. The van der Waals surface area contributed by atoms with Crippen LogP contribution in [0.1, 0.15) is 5.56 Å². The van der Waals surface area contributed by atoms with Crippen molar-refractivity contribution in [3.05, 3.63) is 29.6 Å². The van der Waals surface area contributed by atoms with Crippen LogP contribution in [0.15, 0.2) is 23.3 Å². The predicted molar refractivity (Wildman–Crippen MR) is 60.5 cm³/mol. The maximum atomic E-state index is 13.2. The monoisotopic (exact) mass is 263 g/mol. The third kappa shape index (κ3) is 4.68. The van der Waals surface area contributed by atoms with Gasteiger partial charge in [-0.2, -0.15) is 13.9 Å². The number of nitrogens with one attached hydrogen (secondary N) is 1. The molecule has 1 aromatic rings. The van der Waals surface area contributed by atoms with Gasteiger partial charge in [-0.1, -0.05) is 0 Å². The maximum absolute atomic E-state index is 13.2. The van der Waals surface area contributed by atoms with Crippen molar-refractivity contribution in [2.75, 3.05) is 0 Å². The number of benzene rings is 1. The number of rotatable bonds is 4. The molecule has 4 nitrogen and oxygen atoms in total. The van der Waals surface area contributed by atoms with Gasteiger partial charge in [-0.3, -0.25) is 5.43 Å². The fourth-order valence-corrected chi connectivity index (χ4v) is 1.01. The Balaban J connectivity index is 2.74. The highest BCUT2D eigenvalue weighted by molar-refractivity contribution is 7.80. The van der Waals surface area contributed by atoms with E-state index < -0.39 is 18.2 Å². The normalized spacial score (nSPS) is 10.8. The molecule has 0 bridgehead atoms. The van der Waals surface area contributed by atoms with Crippen LogP contribution in [-0.4, -0.2) is 17.9 Å². The Morgan fingerprint density at radius 2 is 2.24 bits per heavy atom. The van der Waals surface area contributed by atoms with E-state index in [0.717, 1.165) is 12.1 Å². The molecule has 92 valence electrons. The number of alkyl halides is 2. The first-order valence-corrected chi connectivity index (χ1v) is 4.72. The molecule has 0 unspecified atom stereocenters. The molecule has 0 atom stereocenters. The summed E-state index contributed by atoms with van der Waals surface area (Å²) in [6, 6.07) is 3.41. The molecule has 0 saturated heterocycles. The van der Waals surface area contributed by atoms with Gasteiger partial charge in [0.15, 0.2) is 16.7 Å². The number of hydrazone groups is 1. The molecule has 0 fully saturated rings. The van der Waals surface area contributed by atoms with E-state index in [-0.39, 0.29) is 5.11 Å². The minimum atomic E-state index is -3.07. The zero-order chi connectivity index (χ0) is 12.8. The van der Waals surface area contributed by atoms with Crippen LogP contribution in [0.3, 0.4) is 0 Å². The number of nitrogens with zero attached hydrogens (tertiary/aromatic N) is 1. The quantitative estimate of drug-likeness (QED) is 0.492. The van der Waals surface area contributed by atoms with Crippen LogP contribution in [0, 0.1) is 5.82 Å². The van der Waals surface area contributed by atoms with Crippen LogP contribution >= 0.6 is 12.2 Å². The number of ether oxygens (including phenoxy) is 1. The zero-order valence-electron chi connectivity index (χ0n) is 8.36. The van der Waals surface area contributed by atoms with E-state index in [1.165, 1.54) is 12.3 Å². The van der Waals surface area contributed by atoms with Crippen LogP contribution in [-0.2, 0) is 0 Å². The number of hydrogen-bond acceptors (Lipinski definition) is 3.